The van der Waals surface area contributed by atoms with Crippen molar-refractivity contribution < 1.29 is 4.74 Å². The van der Waals surface area contributed by atoms with Crippen LogP contribution in [0.15, 0.2) is 60.7 Å². The maximum atomic E-state index is 5.27. The Bertz CT molecular complexity index is 1030. The number of aromatic nitrogens is 2. The smallest absolute Gasteiger partial charge is 0.137 e. The largest absolute Gasteiger partial charge is 0.497 e. The highest BCUT2D eigenvalue weighted by Crippen LogP contribution is 2.31. The molecule has 4 nitrogen and oxygen atoms in total. The quantitative estimate of drug-likeness (QED) is 0.571. The molecule has 0 saturated carbocycles. The lowest BCUT2D eigenvalue weighted by Gasteiger charge is -2.13. The van der Waals surface area contributed by atoms with Gasteiger partial charge in [0.15, 0.2) is 0 Å². The van der Waals surface area contributed by atoms with Gasteiger partial charge in [-0.3, -0.25) is 0 Å². The summed E-state index contributed by atoms with van der Waals surface area (Å²) in [5.74, 6) is 1.85. The van der Waals surface area contributed by atoms with Crippen molar-refractivity contribution in [1.29, 1.82) is 0 Å². The fourth-order valence-corrected chi connectivity index (χ4v) is 3.10. The molecule has 0 unspecified atom stereocenters. The fraction of sp³-hybridized carbons (Fsp3) is 0.190. The van der Waals surface area contributed by atoms with Crippen molar-refractivity contribution >= 4 is 27.5 Å². The summed E-state index contributed by atoms with van der Waals surface area (Å²) in [6.45, 7) is 4.27. The lowest BCUT2D eigenvalue weighted by Crippen LogP contribution is -2.13. The SMILES string of the molecule is COc1ccc(-n2nc3cc4ccccc4cc3c2NC(C)C)cc1. The van der Waals surface area contributed by atoms with E-state index in [1.165, 1.54) is 10.8 Å². The van der Waals surface area contributed by atoms with E-state index >= 15 is 0 Å². The summed E-state index contributed by atoms with van der Waals surface area (Å²) in [4.78, 5) is 0. The Balaban J connectivity index is 1.96. The van der Waals surface area contributed by atoms with E-state index in [2.05, 4.69) is 55.6 Å². The van der Waals surface area contributed by atoms with Crippen molar-refractivity contribution in [2.75, 3.05) is 12.4 Å². The number of methoxy groups -OCH3 is 1. The number of rotatable bonds is 4. The molecule has 1 N–H and O–H groups in total. The lowest BCUT2D eigenvalue weighted by molar-refractivity contribution is 0.414. The van der Waals surface area contributed by atoms with Gasteiger partial charge in [0.2, 0.25) is 0 Å². The minimum Gasteiger partial charge on any atom is -0.497 e. The van der Waals surface area contributed by atoms with E-state index in [0.717, 1.165) is 28.2 Å². The average molecular weight is 331 g/mol. The first-order chi connectivity index (χ1) is 12.2. The van der Waals surface area contributed by atoms with Crippen LogP contribution in [0, 0.1) is 0 Å². The van der Waals surface area contributed by atoms with Gasteiger partial charge in [-0.1, -0.05) is 24.3 Å². The third kappa shape index (κ3) is 2.80. The van der Waals surface area contributed by atoms with Gasteiger partial charge in [0.25, 0.3) is 0 Å². The van der Waals surface area contributed by atoms with Gasteiger partial charge in [0, 0.05) is 11.4 Å². The summed E-state index contributed by atoms with van der Waals surface area (Å²) in [5, 5.41) is 12.0. The summed E-state index contributed by atoms with van der Waals surface area (Å²) in [6.07, 6.45) is 0. The molecule has 0 atom stereocenters. The number of ether oxygens (including phenoxy) is 1. The second-order valence-corrected chi connectivity index (χ2v) is 6.47. The molecule has 126 valence electrons. The summed E-state index contributed by atoms with van der Waals surface area (Å²) < 4.78 is 7.24. The summed E-state index contributed by atoms with van der Waals surface area (Å²) in [6, 6.07) is 21.0. The molecule has 0 aliphatic carbocycles. The van der Waals surface area contributed by atoms with Crippen LogP contribution in [0.25, 0.3) is 27.4 Å². The predicted octanol–water partition coefficient (Wildman–Crippen LogP) is 5.01. The maximum Gasteiger partial charge on any atom is 0.137 e. The lowest BCUT2D eigenvalue weighted by atomic mass is 10.1. The van der Waals surface area contributed by atoms with E-state index < -0.39 is 0 Å². The third-order valence-electron chi connectivity index (χ3n) is 4.28. The summed E-state index contributed by atoms with van der Waals surface area (Å²) >= 11 is 0. The minimum atomic E-state index is 0.309. The normalized spacial score (nSPS) is 11.4. The van der Waals surface area contributed by atoms with E-state index in [4.69, 9.17) is 9.84 Å². The molecule has 4 rings (SSSR count). The van der Waals surface area contributed by atoms with Gasteiger partial charge in [-0.2, -0.15) is 5.10 Å². The van der Waals surface area contributed by atoms with Crippen molar-refractivity contribution in [3.05, 3.63) is 60.7 Å². The average Bonchev–Trinajstić information content (AvgIpc) is 2.97. The van der Waals surface area contributed by atoms with Crippen molar-refractivity contribution in [2.45, 2.75) is 19.9 Å². The molecule has 0 aliphatic heterocycles. The minimum absolute atomic E-state index is 0.309. The molecule has 4 aromatic rings. The van der Waals surface area contributed by atoms with Crippen LogP contribution in [0.3, 0.4) is 0 Å². The van der Waals surface area contributed by atoms with Crippen molar-refractivity contribution in [1.82, 2.24) is 9.78 Å². The Hall–Kier alpha value is -3.01. The Morgan fingerprint density at radius 3 is 2.28 bits per heavy atom. The third-order valence-corrected chi connectivity index (χ3v) is 4.28. The first-order valence-electron chi connectivity index (χ1n) is 8.48. The predicted molar refractivity (Wildman–Crippen MR) is 104 cm³/mol. The number of nitrogens with zero attached hydrogens (tertiary/aromatic N) is 2. The number of anilines is 1. The molecule has 0 saturated heterocycles. The molecular formula is C21H21N3O. The number of hydrogen-bond donors (Lipinski definition) is 1. The van der Waals surface area contributed by atoms with Gasteiger partial charge in [0.1, 0.15) is 11.6 Å². The van der Waals surface area contributed by atoms with Crippen LogP contribution in [0.2, 0.25) is 0 Å². The highest BCUT2D eigenvalue weighted by atomic mass is 16.5. The molecular weight excluding hydrogens is 310 g/mol. The second-order valence-electron chi connectivity index (χ2n) is 6.47. The first-order valence-corrected chi connectivity index (χ1v) is 8.48. The zero-order chi connectivity index (χ0) is 17.4. The first kappa shape index (κ1) is 15.5. The zero-order valence-electron chi connectivity index (χ0n) is 14.7. The van der Waals surface area contributed by atoms with Gasteiger partial charge in [-0.25, -0.2) is 4.68 Å². The van der Waals surface area contributed by atoms with Crippen LogP contribution in [-0.4, -0.2) is 22.9 Å². The van der Waals surface area contributed by atoms with Crippen LogP contribution < -0.4 is 10.1 Å². The zero-order valence-corrected chi connectivity index (χ0v) is 14.7. The topological polar surface area (TPSA) is 39.1 Å². The summed E-state index contributed by atoms with van der Waals surface area (Å²) in [7, 11) is 1.68. The highest BCUT2D eigenvalue weighted by Gasteiger charge is 2.14. The van der Waals surface area contributed by atoms with Gasteiger partial charge >= 0.3 is 0 Å². The molecule has 4 heteroatoms. The fourth-order valence-electron chi connectivity index (χ4n) is 3.10. The Kier molecular flexibility index (Phi) is 3.80. The van der Waals surface area contributed by atoms with Crippen LogP contribution in [-0.2, 0) is 0 Å². The van der Waals surface area contributed by atoms with Crippen LogP contribution in [0.1, 0.15) is 13.8 Å². The second kappa shape index (κ2) is 6.13. The Labute approximate surface area is 147 Å². The van der Waals surface area contributed by atoms with Gasteiger partial charge in [-0.05, 0) is 61.0 Å². The van der Waals surface area contributed by atoms with Gasteiger partial charge in [0.05, 0.1) is 18.3 Å². The number of fused-ring (bicyclic) bond motifs is 2. The van der Waals surface area contributed by atoms with Crippen molar-refractivity contribution in [3.63, 3.8) is 0 Å². The molecule has 3 aromatic carbocycles. The molecule has 0 amide bonds. The van der Waals surface area contributed by atoms with E-state index in [1.807, 2.05) is 28.9 Å². The highest BCUT2D eigenvalue weighted by molar-refractivity contribution is 6.02. The standard InChI is InChI=1S/C21H21N3O/c1-14(2)22-21-19-12-15-6-4-5-7-16(15)13-20(19)23-24(21)17-8-10-18(25-3)11-9-17/h4-14,22H,1-3H3. The molecule has 0 aliphatic rings. The summed E-state index contributed by atoms with van der Waals surface area (Å²) in [5.41, 5.74) is 1.99. The molecule has 1 aromatic heterocycles. The van der Waals surface area contributed by atoms with Crippen LogP contribution in [0.4, 0.5) is 5.82 Å². The van der Waals surface area contributed by atoms with Gasteiger partial charge in [-0.15, -0.1) is 0 Å². The monoisotopic (exact) mass is 331 g/mol. The van der Waals surface area contributed by atoms with E-state index in [-0.39, 0.29) is 0 Å². The molecule has 0 bridgehead atoms. The Morgan fingerprint density at radius 2 is 1.64 bits per heavy atom. The van der Waals surface area contributed by atoms with E-state index in [1.54, 1.807) is 7.11 Å². The number of nitrogens with one attached hydrogen (secondary N) is 1. The molecule has 0 radical (unpaired) electrons. The molecule has 0 fully saturated rings. The van der Waals surface area contributed by atoms with Crippen LogP contribution >= 0.6 is 0 Å². The van der Waals surface area contributed by atoms with E-state index in [0.29, 0.717) is 6.04 Å². The van der Waals surface area contributed by atoms with Crippen molar-refractivity contribution in [2.24, 2.45) is 0 Å². The molecule has 0 spiro atoms. The molecule has 1 heterocycles. The molecule has 25 heavy (non-hydrogen) atoms. The van der Waals surface area contributed by atoms with Gasteiger partial charge < -0.3 is 10.1 Å². The van der Waals surface area contributed by atoms with Crippen molar-refractivity contribution in [3.8, 4) is 11.4 Å². The number of benzene rings is 3. The Morgan fingerprint density at radius 1 is 0.960 bits per heavy atom. The maximum absolute atomic E-state index is 5.27. The number of hydrogen-bond acceptors (Lipinski definition) is 3. The van der Waals surface area contributed by atoms with Crippen LogP contribution in [0.5, 0.6) is 5.75 Å². The van der Waals surface area contributed by atoms with E-state index in [9.17, 15) is 0 Å².